The number of halogens is 1. The average Bonchev–Trinajstić information content (AvgIpc) is 3.04. The van der Waals surface area contributed by atoms with E-state index in [-0.39, 0.29) is 17.9 Å². The molecule has 3 aromatic rings. The average molecular weight is 398 g/mol. The predicted octanol–water partition coefficient (Wildman–Crippen LogP) is 3.81. The number of aromatic nitrogens is 1. The Bertz CT molecular complexity index is 1010. The normalized spacial score (nSPS) is 10.4. The number of benzene rings is 2. The van der Waals surface area contributed by atoms with Gasteiger partial charge in [-0.05, 0) is 38.1 Å². The number of anilines is 1. The number of nitrogens with one attached hydrogen (secondary N) is 1. The van der Waals surface area contributed by atoms with Crippen LogP contribution in [0, 0.1) is 19.7 Å². The molecule has 1 N–H and O–H groups in total. The number of para-hydroxylation sites is 2. The molecule has 0 spiro atoms. The van der Waals surface area contributed by atoms with Crippen LogP contribution in [0.2, 0.25) is 0 Å². The number of hydrogen-bond acceptors (Lipinski definition) is 6. The van der Waals surface area contributed by atoms with E-state index in [0.29, 0.717) is 17.2 Å². The second kappa shape index (κ2) is 9.01. The molecule has 3 rings (SSSR count). The topological polar surface area (TPSA) is 90.7 Å². The van der Waals surface area contributed by atoms with Crippen LogP contribution < -0.4 is 10.1 Å². The van der Waals surface area contributed by atoms with Gasteiger partial charge in [0.15, 0.2) is 6.61 Å². The molecule has 1 heterocycles. The number of carbonyl (C=O) groups is 2. The summed E-state index contributed by atoms with van der Waals surface area (Å²) in [5.74, 6) is -1.04. The fourth-order valence-corrected chi connectivity index (χ4v) is 2.58. The van der Waals surface area contributed by atoms with Gasteiger partial charge in [-0.15, -0.1) is 0 Å². The molecule has 0 aliphatic heterocycles. The first-order chi connectivity index (χ1) is 14.0. The van der Waals surface area contributed by atoms with Gasteiger partial charge in [0.25, 0.3) is 5.91 Å². The highest BCUT2D eigenvalue weighted by Crippen LogP contribution is 2.22. The minimum atomic E-state index is -0.733. The SMILES string of the molecule is Cc1noc(C)c1COc1ccccc1C(=O)OCC(=O)Nc1ccccc1F. The lowest BCUT2D eigenvalue weighted by Gasteiger charge is -2.11. The molecule has 0 aliphatic rings. The molecule has 150 valence electrons. The Balaban J connectivity index is 1.61. The van der Waals surface area contributed by atoms with Crippen molar-refractivity contribution in [1.82, 2.24) is 5.16 Å². The van der Waals surface area contributed by atoms with Crippen molar-refractivity contribution >= 4 is 17.6 Å². The van der Waals surface area contributed by atoms with Gasteiger partial charge in [-0.25, -0.2) is 9.18 Å². The van der Waals surface area contributed by atoms with Crippen LogP contribution in [0.1, 0.15) is 27.4 Å². The Labute approximate surface area is 166 Å². The molecule has 0 saturated heterocycles. The first-order valence-corrected chi connectivity index (χ1v) is 8.80. The third kappa shape index (κ3) is 4.98. The van der Waals surface area contributed by atoms with Gasteiger partial charge in [0.1, 0.15) is 29.5 Å². The zero-order valence-electron chi connectivity index (χ0n) is 15.9. The lowest BCUT2D eigenvalue weighted by atomic mass is 10.2. The van der Waals surface area contributed by atoms with Gasteiger partial charge >= 0.3 is 5.97 Å². The van der Waals surface area contributed by atoms with Crippen LogP contribution in [0.3, 0.4) is 0 Å². The maximum atomic E-state index is 13.6. The van der Waals surface area contributed by atoms with E-state index in [9.17, 15) is 14.0 Å². The van der Waals surface area contributed by atoms with Crippen LogP contribution in [-0.4, -0.2) is 23.6 Å². The van der Waals surface area contributed by atoms with Crippen molar-refractivity contribution in [2.75, 3.05) is 11.9 Å². The van der Waals surface area contributed by atoms with Crippen molar-refractivity contribution in [3.05, 3.63) is 76.9 Å². The minimum absolute atomic E-state index is 0.0109. The van der Waals surface area contributed by atoms with Crippen molar-refractivity contribution in [2.45, 2.75) is 20.5 Å². The van der Waals surface area contributed by atoms with Gasteiger partial charge in [-0.1, -0.05) is 29.4 Å². The highest BCUT2D eigenvalue weighted by Gasteiger charge is 2.17. The number of hydrogen-bond donors (Lipinski definition) is 1. The molecule has 0 fully saturated rings. The number of amides is 1. The summed E-state index contributed by atoms with van der Waals surface area (Å²) in [6, 6.07) is 12.2. The number of carbonyl (C=O) groups excluding carboxylic acids is 2. The predicted molar refractivity (Wildman–Crippen MR) is 102 cm³/mol. The van der Waals surface area contributed by atoms with E-state index in [1.807, 2.05) is 0 Å². The van der Waals surface area contributed by atoms with Gasteiger partial charge in [0.05, 0.1) is 16.9 Å². The number of nitrogens with zero attached hydrogens (tertiary/aromatic N) is 1. The Hall–Kier alpha value is -3.68. The molecule has 29 heavy (non-hydrogen) atoms. The molecule has 2 aromatic carbocycles. The quantitative estimate of drug-likeness (QED) is 0.609. The number of rotatable bonds is 7. The zero-order chi connectivity index (χ0) is 20.8. The summed E-state index contributed by atoms with van der Waals surface area (Å²) in [7, 11) is 0. The first kappa shape index (κ1) is 20.1. The molecule has 0 unspecified atom stereocenters. The van der Waals surface area contributed by atoms with E-state index in [1.54, 1.807) is 38.1 Å². The van der Waals surface area contributed by atoms with Crippen LogP contribution in [-0.2, 0) is 16.1 Å². The van der Waals surface area contributed by atoms with Crippen molar-refractivity contribution < 1.29 is 28.0 Å². The van der Waals surface area contributed by atoms with Crippen LogP contribution in [0.25, 0.3) is 0 Å². The van der Waals surface area contributed by atoms with E-state index in [1.165, 1.54) is 24.3 Å². The first-order valence-electron chi connectivity index (χ1n) is 8.80. The molecule has 0 saturated carbocycles. The molecule has 0 atom stereocenters. The molecule has 0 bridgehead atoms. The zero-order valence-corrected chi connectivity index (χ0v) is 15.9. The fourth-order valence-electron chi connectivity index (χ4n) is 2.58. The fraction of sp³-hybridized carbons (Fsp3) is 0.190. The molecule has 7 nitrogen and oxygen atoms in total. The Morgan fingerprint density at radius 1 is 1.10 bits per heavy atom. The minimum Gasteiger partial charge on any atom is -0.488 e. The third-order valence-corrected chi connectivity index (χ3v) is 4.14. The summed E-state index contributed by atoms with van der Waals surface area (Å²) >= 11 is 0. The van der Waals surface area contributed by atoms with E-state index in [2.05, 4.69) is 10.5 Å². The largest absolute Gasteiger partial charge is 0.488 e. The second-order valence-electron chi connectivity index (χ2n) is 6.19. The Morgan fingerprint density at radius 2 is 1.83 bits per heavy atom. The molecular weight excluding hydrogens is 379 g/mol. The van der Waals surface area contributed by atoms with Gasteiger partial charge in [-0.2, -0.15) is 0 Å². The van der Waals surface area contributed by atoms with E-state index < -0.39 is 24.3 Å². The van der Waals surface area contributed by atoms with Crippen LogP contribution >= 0.6 is 0 Å². The summed E-state index contributed by atoms with van der Waals surface area (Å²) in [5.41, 5.74) is 1.67. The number of aryl methyl sites for hydroxylation is 2. The Kier molecular flexibility index (Phi) is 6.23. The van der Waals surface area contributed by atoms with Crippen LogP contribution in [0.15, 0.2) is 53.1 Å². The molecule has 1 amide bonds. The lowest BCUT2D eigenvalue weighted by Crippen LogP contribution is -2.21. The van der Waals surface area contributed by atoms with E-state index >= 15 is 0 Å². The number of esters is 1. The Morgan fingerprint density at radius 3 is 2.55 bits per heavy atom. The van der Waals surface area contributed by atoms with Gasteiger partial charge < -0.3 is 19.3 Å². The van der Waals surface area contributed by atoms with Crippen molar-refractivity contribution in [2.24, 2.45) is 0 Å². The van der Waals surface area contributed by atoms with Gasteiger partial charge in [0, 0.05) is 0 Å². The van der Waals surface area contributed by atoms with Gasteiger partial charge in [-0.3, -0.25) is 4.79 Å². The number of ether oxygens (including phenoxy) is 2. The molecule has 0 radical (unpaired) electrons. The van der Waals surface area contributed by atoms with E-state index in [0.717, 1.165) is 5.56 Å². The van der Waals surface area contributed by atoms with Crippen molar-refractivity contribution in [3.63, 3.8) is 0 Å². The third-order valence-electron chi connectivity index (χ3n) is 4.14. The maximum Gasteiger partial charge on any atom is 0.342 e. The van der Waals surface area contributed by atoms with Crippen LogP contribution in [0.5, 0.6) is 5.75 Å². The molecular formula is C21H19FN2O5. The highest BCUT2D eigenvalue weighted by molar-refractivity contribution is 5.96. The van der Waals surface area contributed by atoms with Crippen molar-refractivity contribution in [3.8, 4) is 5.75 Å². The standard InChI is InChI=1S/C21H19FN2O5/c1-13-16(14(2)29-24-13)11-27-19-10-6-3-7-15(19)21(26)28-12-20(25)23-18-9-5-4-8-17(18)22/h3-10H,11-12H2,1-2H3,(H,23,25). The summed E-state index contributed by atoms with van der Waals surface area (Å²) in [6.45, 7) is 3.17. The monoisotopic (exact) mass is 398 g/mol. The smallest absolute Gasteiger partial charge is 0.342 e. The molecule has 0 aliphatic carbocycles. The summed E-state index contributed by atoms with van der Waals surface area (Å²) in [5, 5.41) is 6.21. The highest BCUT2D eigenvalue weighted by atomic mass is 19.1. The maximum absolute atomic E-state index is 13.6. The second-order valence-corrected chi connectivity index (χ2v) is 6.19. The molecule has 1 aromatic heterocycles. The summed E-state index contributed by atoms with van der Waals surface area (Å²) in [4.78, 5) is 24.3. The van der Waals surface area contributed by atoms with Crippen molar-refractivity contribution in [1.29, 1.82) is 0 Å². The lowest BCUT2D eigenvalue weighted by molar-refractivity contribution is -0.119. The van der Waals surface area contributed by atoms with Gasteiger partial charge in [0.2, 0.25) is 0 Å². The van der Waals surface area contributed by atoms with E-state index in [4.69, 9.17) is 14.0 Å². The summed E-state index contributed by atoms with van der Waals surface area (Å²) in [6.07, 6.45) is 0. The summed E-state index contributed by atoms with van der Waals surface area (Å²) < 4.78 is 29.4. The van der Waals surface area contributed by atoms with Crippen LogP contribution in [0.4, 0.5) is 10.1 Å². The molecule has 8 heteroatoms.